The van der Waals surface area contributed by atoms with E-state index in [-0.39, 0.29) is 6.04 Å². The topological polar surface area (TPSA) is 77.0 Å². The van der Waals surface area contributed by atoms with Gasteiger partial charge in [-0.3, -0.25) is 0 Å². The number of hydrogen-bond acceptors (Lipinski definition) is 6. The van der Waals surface area contributed by atoms with Crippen molar-refractivity contribution < 1.29 is 8.94 Å². The zero-order valence-corrected chi connectivity index (χ0v) is 13.4. The summed E-state index contributed by atoms with van der Waals surface area (Å²) in [4.78, 5) is 8.68. The Kier molecular flexibility index (Phi) is 3.49. The highest BCUT2D eigenvalue weighted by Crippen LogP contribution is 2.29. The van der Waals surface area contributed by atoms with Crippen LogP contribution in [0.5, 0.6) is 0 Å². The van der Waals surface area contributed by atoms with Crippen LogP contribution in [0.25, 0.3) is 22.4 Å². The Hall–Kier alpha value is -3.15. The summed E-state index contributed by atoms with van der Waals surface area (Å²) in [5.74, 6) is 2.55. The number of fused-ring (bicyclic) bond motifs is 1. The van der Waals surface area contributed by atoms with Crippen molar-refractivity contribution in [3.8, 4) is 11.5 Å². The second kappa shape index (κ2) is 5.81. The van der Waals surface area contributed by atoms with E-state index in [4.69, 9.17) is 8.94 Å². The first-order valence-electron chi connectivity index (χ1n) is 7.71. The van der Waals surface area contributed by atoms with Crippen molar-refractivity contribution >= 4 is 16.8 Å². The van der Waals surface area contributed by atoms with Crippen LogP contribution >= 0.6 is 0 Å². The Morgan fingerprint density at radius 2 is 2.00 bits per heavy atom. The summed E-state index contributed by atoms with van der Waals surface area (Å²) in [5.41, 5.74) is 1.64. The van der Waals surface area contributed by atoms with E-state index in [1.807, 2.05) is 49.4 Å². The third-order valence-corrected chi connectivity index (χ3v) is 3.79. The Bertz CT molecular complexity index is 956. The summed E-state index contributed by atoms with van der Waals surface area (Å²) in [7, 11) is 0. The molecule has 0 radical (unpaired) electrons. The average molecular weight is 320 g/mol. The number of rotatable bonds is 4. The first-order chi connectivity index (χ1) is 11.7. The van der Waals surface area contributed by atoms with Gasteiger partial charge in [0.1, 0.15) is 17.2 Å². The quantitative estimate of drug-likeness (QED) is 0.602. The first-order valence-corrected chi connectivity index (χ1v) is 7.71. The van der Waals surface area contributed by atoms with E-state index in [1.54, 1.807) is 13.1 Å². The largest absolute Gasteiger partial charge is 0.459 e. The highest BCUT2D eigenvalue weighted by molar-refractivity contribution is 5.78. The van der Waals surface area contributed by atoms with Crippen LogP contribution in [0.2, 0.25) is 0 Å². The molecule has 1 atom stereocenters. The lowest BCUT2D eigenvalue weighted by atomic mass is 10.2. The Balaban J connectivity index is 1.65. The van der Waals surface area contributed by atoms with Gasteiger partial charge in [0.15, 0.2) is 5.82 Å². The van der Waals surface area contributed by atoms with E-state index >= 15 is 0 Å². The predicted octanol–water partition coefficient (Wildman–Crippen LogP) is 4.36. The first kappa shape index (κ1) is 14.4. The number of furan rings is 1. The number of benzene rings is 1. The number of hydrogen-bond donors (Lipinski definition) is 1. The minimum atomic E-state index is -0.0601. The SMILES string of the molecule is Cc1noc(-c2cccnc2N[C@H](C)c2cc3ccccc3o2)n1. The molecule has 1 aromatic carbocycles. The van der Waals surface area contributed by atoms with Gasteiger partial charge in [-0.05, 0) is 38.1 Å². The monoisotopic (exact) mass is 320 g/mol. The second-order valence-corrected chi connectivity index (χ2v) is 5.60. The van der Waals surface area contributed by atoms with Crippen molar-refractivity contribution in [3.05, 3.63) is 60.2 Å². The van der Waals surface area contributed by atoms with Crippen LogP contribution in [0.4, 0.5) is 5.82 Å². The van der Waals surface area contributed by atoms with Crippen LogP contribution in [0, 0.1) is 6.92 Å². The summed E-state index contributed by atoms with van der Waals surface area (Å²) >= 11 is 0. The van der Waals surface area contributed by atoms with Gasteiger partial charge in [0.2, 0.25) is 0 Å². The lowest BCUT2D eigenvalue weighted by Gasteiger charge is -2.13. The number of nitrogens with zero attached hydrogens (tertiary/aromatic N) is 3. The highest BCUT2D eigenvalue weighted by Gasteiger charge is 2.17. The van der Waals surface area contributed by atoms with Gasteiger partial charge in [0.25, 0.3) is 5.89 Å². The van der Waals surface area contributed by atoms with Crippen molar-refractivity contribution in [2.75, 3.05) is 5.32 Å². The van der Waals surface area contributed by atoms with Gasteiger partial charge in [-0.2, -0.15) is 4.98 Å². The van der Waals surface area contributed by atoms with Crippen molar-refractivity contribution in [1.82, 2.24) is 15.1 Å². The standard InChI is InChI=1S/C18H16N4O2/c1-11(16-10-13-6-3-4-8-15(13)23-16)20-17-14(7-5-9-19-17)18-21-12(2)22-24-18/h3-11H,1-2H3,(H,19,20)/t11-/m1/s1. The average Bonchev–Trinajstić information content (AvgIpc) is 3.21. The zero-order valence-electron chi connectivity index (χ0n) is 13.4. The Morgan fingerprint density at radius 3 is 2.79 bits per heavy atom. The molecular weight excluding hydrogens is 304 g/mol. The maximum atomic E-state index is 5.91. The molecule has 3 heterocycles. The van der Waals surface area contributed by atoms with Crippen LogP contribution < -0.4 is 5.32 Å². The molecule has 0 saturated carbocycles. The predicted molar refractivity (Wildman–Crippen MR) is 90.5 cm³/mol. The molecule has 0 saturated heterocycles. The number of aromatic nitrogens is 3. The lowest BCUT2D eigenvalue weighted by molar-refractivity contribution is 0.425. The number of pyridine rings is 1. The molecule has 1 N–H and O–H groups in total. The van der Waals surface area contributed by atoms with Crippen LogP contribution in [0.15, 0.2) is 57.6 Å². The molecule has 0 unspecified atom stereocenters. The van der Waals surface area contributed by atoms with Crippen molar-refractivity contribution in [1.29, 1.82) is 0 Å². The fraction of sp³-hybridized carbons (Fsp3) is 0.167. The van der Waals surface area contributed by atoms with Crippen molar-refractivity contribution in [2.24, 2.45) is 0 Å². The van der Waals surface area contributed by atoms with Gasteiger partial charge in [-0.1, -0.05) is 23.4 Å². The van der Waals surface area contributed by atoms with Crippen molar-refractivity contribution in [3.63, 3.8) is 0 Å². The van der Waals surface area contributed by atoms with Gasteiger partial charge >= 0.3 is 0 Å². The minimum absolute atomic E-state index is 0.0601. The molecule has 6 nitrogen and oxygen atoms in total. The molecule has 120 valence electrons. The minimum Gasteiger partial charge on any atom is -0.459 e. The maximum absolute atomic E-state index is 5.91. The number of para-hydroxylation sites is 1. The second-order valence-electron chi connectivity index (χ2n) is 5.60. The molecule has 0 aliphatic rings. The molecule has 0 fully saturated rings. The Labute approximate surface area is 138 Å². The van der Waals surface area contributed by atoms with Gasteiger partial charge in [-0.25, -0.2) is 4.98 Å². The fourth-order valence-electron chi connectivity index (χ4n) is 2.59. The number of anilines is 1. The van der Waals surface area contributed by atoms with Crippen LogP contribution in [0.3, 0.4) is 0 Å². The van der Waals surface area contributed by atoms with E-state index in [2.05, 4.69) is 20.4 Å². The van der Waals surface area contributed by atoms with Gasteiger partial charge in [-0.15, -0.1) is 0 Å². The number of aryl methyl sites for hydroxylation is 1. The smallest absolute Gasteiger partial charge is 0.261 e. The molecule has 4 rings (SSSR count). The Morgan fingerprint density at radius 1 is 1.12 bits per heavy atom. The summed E-state index contributed by atoms with van der Waals surface area (Å²) in [6.45, 7) is 3.81. The lowest BCUT2D eigenvalue weighted by Crippen LogP contribution is -2.08. The van der Waals surface area contributed by atoms with E-state index < -0.39 is 0 Å². The summed E-state index contributed by atoms with van der Waals surface area (Å²) < 4.78 is 11.2. The summed E-state index contributed by atoms with van der Waals surface area (Å²) in [6, 6.07) is 13.7. The molecule has 0 amide bonds. The molecule has 6 heteroatoms. The molecule has 24 heavy (non-hydrogen) atoms. The van der Waals surface area contributed by atoms with E-state index in [1.165, 1.54) is 0 Å². The highest BCUT2D eigenvalue weighted by atomic mass is 16.5. The van der Waals surface area contributed by atoms with Gasteiger partial charge < -0.3 is 14.3 Å². The van der Waals surface area contributed by atoms with E-state index in [9.17, 15) is 0 Å². The third-order valence-electron chi connectivity index (χ3n) is 3.79. The van der Waals surface area contributed by atoms with Gasteiger partial charge in [0, 0.05) is 11.6 Å². The molecule has 3 aromatic heterocycles. The summed E-state index contributed by atoms with van der Waals surface area (Å²) in [6.07, 6.45) is 1.72. The fourth-order valence-corrected chi connectivity index (χ4v) is 2.59. The molecule has 4 aromatic rings. The molecule has 0 spiro atoms. The zero-order chi connectivity index (χ0) is 16.5. The van der Waals surface area contributed by atoms with Crippen LogP contribution in [-0.2, 0) is 0 Å². The molecular formula is C18H16N4O2. The van der Waals surface area contributed by atoms with Crippen molar-refractivity contribution in [2.45, 2.75) is 19.9 Å². The van der Waals surface area contributed by atoms with E-state index in [0.29, 0.717) is 17.5 Å². The van der Waals surface area contributed by atoms with E-state index in [0.717, 1.165) is 22.3 Å². The summed E-state index contributed by atoms with van der Waals surface area (Å²) in [5, 5.41) is 8.28. The molecule has 0 bridgehead atoms. The van der Waals surface area contributed by atoms with Crippen LogP contribution in [-0.4, -0.2) is 15.1 Å². The maximum Gasteiger partial charge on any atom is 0.261 e. The van der Waals surface area contributed by atoms with Crippen LogP contribution in [0.1, 0.15) is 24.6 Å². The molecule has 0 aliphatic carbocycles. The normalized spacial score (nSPS) is 12.4. The van der Waals surface area contributed by atoms with Gasteiger partial charge in [0.05, 0.1) is 11.6 Å². The third kappa shape index (κ3) is 2.62. The molecule has 0 aliphatic heterocycles. The number of nitrogens with one attached hydrogen (secondary N) is 1.